The lowest BCUT2D eigenvalue weighted by Crippen LogP contribution is -2.64. The monoisotopic (exact) mass is 644 g/mol. The molecular weight excluding hydrogens is 612 g/mol. The maximum atomic E-state index is 14.6. The lowest BCUT2D eigenvalue weighted by atomic mass is 9.83. The first-order valence-corrected chi connectivity index (χ1v) is 15.8. The number of anilines is 2. The maximum Gasteiger partial charge on any atom is 0.242 e. The van der Waals surface area contributed by atoms with Crippen molar-refractivity contribution < 1.29 is 27.5 Å². The molecule has 3 N–H and O–H groups in total. The van der Waals surface area contributed by atoms with Crippen molar-refractivity contribution >= 4 is 65.6 Å². The molecule has 0 radical (unpaired) electrons. The number of ether oxygens (including phenoxy) is 1. The van der Waals surface area contributed by atoms with Crippen molar-refractivity contribution in [3.8, 4) is 5.75 Å². The summed E-state index contributed by atoms with van der Waals surface area (Å²) in [5, 5.41) is 4.83. The van der Waals surface area contributed by atoms with E-state index in [-0.39, 0.29) is 13.1 Å². The molecule has 0 saturated carbocycles. The van der Waals surface area contributed by atoms with Gasteiger partial charge in [0.2, 0.25) is 17.7 Å². The number of carbonyl (C=O) groups excluding carboxylic acids is 3. The average molecular weight is 646 g/mol. The van der Waals surface area contributed by atoms with Crippen LogP contribution in [0.4, 0.5) is 11.4 Å². The largest absolute Gasteiger partial charge is 0.496 e. The van der Waals surface area contributed by atoms with Crippen molar-refractivity contribution in [1.29, 1.82) is 0 Å². The smallest absolute Gasteiger partial charge is 0.242 e. The third-order valence-electron chi connectivity index (χ3n) is 7.42. The highest BCUT2D eigenvalue weighted by atomic mass is 79.9. The van der Waals surface area contributed by atoms with Gasteiger partial charge in [0.05, 0.1) is 30.9 Å². The van der Waals surface area contributed by atoms with Gasteiger partial charge >= 0.3 is 0 Å². The number of hydrogen-bond donors (Lipinski definition) is 2. The predicted octanol–water partition coefficient (Wildman–Crippen LogP) is 3.01. The molecule has 10 nitrogen and oxygen atoms in total. The summed E-state index contributed by atoms with van der Waals surface area (Å²) in [6.45, 7) is 3.42. The highest BCUT2D eigenvalue weighted by molar-refractivity contribution is 9.10. The van der Waals surface area contributed by atoms with E-state index in [2.05, 4.69) is 21.2 Å². The second-order valence-electron chi connectivity index (χ2n) is 10.2. The number of fused-ring (bicyclic) bond motifs is 2. The predicted molar refractivity (Wildman–Crippen MR) is 163 cm³/mol. The standard InChI is InChI=1S/C29H33BrN4O6S/c1-5-32-29(2,28(31)37)22-16-33(26(35)17-41(4,38)39)23-8-6-7-9-24(23)34(27(22)36)15-21-20-12-11-19(30)14-18(20)10-13-25(21)40-3/h6-14,22,32H,5,15-17H2,1-4H3,(H2,31,37)/t22-,29?/m1/s1. The Morgan fingerprint density at radius 1 is 1.15 bits per heavy atom. The van der Waals surface area contributed by atoms with Gasteiger partial charge in [0.25, 0.3) is 0 Å². The summed E-state index contributed by atoms with van der Waals surface area (Å²) < 4.78 is 30.8. The second kappa shape index (κ2) is 11.8. The van der Waals surface area contributed by atoms with E-state index in [0.29, 0.717) is 23.7 Å². The van der Waals surface area contributed by atoms with Crippen LogP contribution >= 0.6 is 15.9 Å². The average Bonchev–Trinajstić information content (AvgIpc) is 3.02. The first kappa shape index (κ1) is 30.5. The van der Waals surface area contributed by atoms with Crippen LogP contribution in [0.5, 0.6) is 5.75 Å². The van der Waals surface area contributed by atoms with Gasteiger partial charge in [0, 0.05) is 22.8 Å². The molecule has 12 heteroatoms. The van der Waals surface area contributed by atoms with Crippen LogP contribution in [0.2, 0.25) is 0 Å². The Kier molecular flexibility index (Phi) is 8.76. The van der Waals surface area contributed by atoms with Gasteiger partial charge < -0.3 is 25.6 Å². The number of nitrogens with two attached hydrogens (primary N) is 1. The summed E-state index contributed by atoms with van der Waals surface area (Å²) in [5.41, 5.74) is 5.77. The fourth-order valence-electron chi connectivity index (χ4n) is 5.32. The highest BCUT2D eigenvalue weighted by Crippen LogP contribution is 2.40. The molecule has 218 valence electrons. The van der Waals surface area contributed by atoms with Crippen LogP contribution < -0.4 is 25.6 Å². The Morgan fingerprint density at radius 2 is 1.83 bits per heavy atom. The SMILES string of the molecule is CCNC(C)(C(N)=O)[C@@H]1CN(C(=O)CS(C)(=O)=O)c2ccccc2N(Cc2c(OC)ccc3cc(Br)ccc23)C1=O. The number of likely N-dealkylation sites (N-methyl/N-ethyl adjacent to an activating group) is 1. The van der Waals surface area contributed by atoms with Crippen molar-refractivity contribution in [2.24, 2.45) is 11.7 Å². The number of amides is 3. The zero-order chi connectivity index (χ0) is 30.1. The Bertz CT molecular complexity index is 1630. The summed E-state index contributed by atoms with van der Waals surface area (Å²) in [5.74, 6) is -3.29. The van der Waals surface area contributed by atoms with Gasteiger partial charge in [-0.2, -0.15) is 0 Å². The minimum Gasteiger partial charge on any atom is -0.496 e. The molecule has 1 aliphatic heterocycles. The lowest BCUT2D eigenvalue weighted by Gasteiger charge is -2.37. The molecule has 0 aliphatic carbocycles. The van der Waals surface area contributed by atoms with Gasteiger partial charge in [0.15, 0.2) is 9.84 Å². The van der Waals surface area contributed by atoms with Crippen molar-refractivity contribution in [3.05, 3.63) is 64.6 Å². The first-order chi connectivity index (χ1) is 19.3. The summed E-state index contributed by atoms with van der Waals surface area (Å²) in [4.78, 5) is 43.7. The number of sulfone groups is 1. The van der Waals surface area contributed by atoms with Gasteiger partial charge in [0.1, 0.15) is 17.0 Å². The van der Waals surface area contributed by atoms with Gasteiger partial charge in [-0.25, -0.2) is 8.42 Å². The van der Waals surface area contributed by atoms with Crippen LogP contribution in [0.25, 0.3) is 10.8 Å². The molecule has 4 rings (SSSR count). The molecule has 0 saturated heterocycles. The summed E-state index contributed by atoms with van der Waals surface area (Å²) >= 11 is 3.50. The van der Waals surface area contributed by atoms with Gasteiger partial charge in [-0.3, -0.25) is 14.4 Å². The van der Waals surface area contributed by atoms with Crippen LogP contribution in [0.15, 0.2) is 59.1 Å². The number of benzene rings is 3. The minimum absolute atomic E-state index is 0.0452. The molecule has 0 fully saturated rings. The van der Waals surface area contributed by atoms with E-state index in [1.54, 1.807) is 38.3 Å². The van der Waals surface area contributed by atoms with Crippen molar-refractivity contribution in [3.63, 3.8) is 0 Å². The van der Waals surface area contributed by atoms with Crippen LogP contribution in [0.1, 0.15) is 19.4 Å². The molecule has 3 aromatic rings. The Hall–Kier alpha value is -3.48. The molecule has 3 aromatic carbocycles. The van der Waals surface area contributed by atoms with Crippen LogP contribution in [-0.4, -0.2) is 63.9 Å². The number of carbonyl (C=O) groups is 3. The molecular formula is C29H33BrN4O6S. The van der Waals surface area contributed by atoms with Gasteiger partial charge in [-0.15, -0.1) is 0 Å². The van der Waals surface area contributed by atoms with Gasteiger partial charge in [-0.1, -0.05) is 47.1 Å². The molecule has 0 spiro atoms. The van der Waals surface area contributed by atoms with Crippen LogP contribution in [0.3, 0.4) is 0 Å². The van der Waals surface area contributed by atoms with E-state index < -0.39 is 44.8 Å². The lowest BCUT2D eigenvalue weighted by molar-refractivity contribution is -0.134. The molecule has 0 aromatic heterocycles. The fourth-order valence-corrected chi connectivity index (χ4v) is 6.31. The van der Waals surface area contributed by atoms with E-state index in [1.165, 1.54) is 16.7 Å². The van der Waals surface area contributed by atoms with Crippen LogP contribution in [-0.2, 0) is 30.8 Å². The normalized spacial score (nSPS) is 17.1. The number of nitrogens with zero attached hydrogens (tertiary/aromatic N) is 2. The molecule has 1 unspecified atom stereocenters. The number of rotatable bonds is 9. The first-order valence-electron chi connectivity index (χ1n) is 13.0. The minimum atomic E-state index is -3.70. The maximum absolute atomic E-state index is 14.6. The van der Waals surface area contributed by atoms with E-state index in [0.717, 1.165) is 27.1 Å². The fraction of sp³-hybridized carbons (Fsp3) is 0.345. The third kappa shape index (κ3) is 6.09. The van der Waals surface area contributed by atoms with Crippen molar-refractivity contribution in [1.82, 2.24) is 5.32 Å². The summed E-state index contributed by atoms with van der Waals surface area (Å²) in [6, 6.07) is 16.3. The molecule has 1 heterocycles. The number of methoxy groups -OCH3 is 1. The zero-order valence-electron chi connectivity index (χ0n) is 23.3. The van der Waals surface area contributed by atoms with Crippen molar-refractivity contribution in [2.75, 3.05) is 42.0 Å². The van der Waals surface area contributed by atoms with E-state index >= 15 is 0 Å². The number of hydrogen-bond acceptors (Lipinski definition) is 7. The Balaban J connectivity index is 1.97. The zero-order valence-corrected chi connectivity index (χ0v) is 25.7. The Labute approximate surface area is 247 Å². The number of primary amides is 1. The topological polar surface area (TPSA) is 139 Å². The molecule has 1 aliphatic rings. The third-order valence-corrected chi connectivity index (χ3v) is 8.68. The molecule has 3 amide bonds. The highest BCUT2D eigenvalue weighted by Gasteiger charge is 2.49. The van der Waals surface area contributed by atoms with E-state index in [4.69, 9.17) is 10.5 Å². The Morgan fingerprint density at radius 3 is 2.44 bits per heavy atom. The molecule has 41 heavy (non-hydrogen) atoms. The van der Waals surface area contributed by atoms with E-state index in [9.17, 15) is 22.8 Å². The quantitative estimate of drug-likeness (QED) is 0.365. The van der Waals surface area contributed by atoms with Crippen LogP contribution in [0, 0.1) is 5.92 Å². The number of nitrogens with one attached hydrogen (secondary N) is 1. The molecule has 0 bridgehead atoms. The van der Waals surface area contributed by atoms with Gasteiger partial charge in [-0.05, 0) is 54.6 Å². The summed E-state index contributed by atoms with van der Waals surface area (Å²) in [7, 11) is -2.15. The second-order valence-corrected chi connectivity index (χ2v) is 13.3. The number of halogens is 1. The number of para-hydroxylation sites is 2. The van der Waals surface area contributed by atoms with E-state index in [1.807, 2.05) is 30.3 Å². The van der Waals surface area contributed by atoms with Crippen molar-refractivity contribution in [2.45, 2.75) is 25.9 Å². The molecule has 2 atom stereocenters. The summed E-state index contributed by atoms with van der Waals surface area (Å²) in [6.07, 6.45) is 0.973.